The van der Waals surface area contributed by atoms with Gasteiger partial charge in [-0.05, 0) is 30.2 Å². The molecule has 7 nitrogen and oxygen atoms in total. The summed E-state index contributed by atoms with van der Waals surface area (Å²) in [6, 6.07) is 5.87. The number of ether oxygens (including phenoxy) is 1. The van der Waals surface area contributed by atoms with Gasteiger partial charge in [-0.1, -0.05) is 12.1 Å². The van der Waals surface area contributed by atoms with Crippen LogP contribution in [0.4, 0.5) is 0 Å². The summed E-state index contributed by atoms with van der Waals surface area (Å²) in [5, 5.41) is 11.3. The van der Waals surface area contributed by atoms with Crippen molar-refractivity contribution in [1.82, 2.24) is 5.32 Å². The Morgan fingerprint density at radius 3 is 2.73 bits per heavy atom. The van der Waals surface area contributed by atoms with Crippen LogP contribution in [0.2, 0.25) is 0 Å². The molecule has 0 radical (unpaired) electrons. The molecule has 4 N–H and O–H groups in total. The molecule has 0 spiro atoms. The van der Waals surface area contributed by atoms with E-state index in [1.54, 1.807) is 24.3 Å². The molecule has 7 heteroatoms. The zero-order valence-electron chi connectivity index (χ0n) is 12.1. The lowest BCUT2D eigenvalue weighted by atomic mass is 10.1. The van der Waals surface area contributed by atoms with Crippen LogP contribution >= 0.6 is 0 Å². The van der Waals surface area contributed by atoms with Gasteiger partial charge < -0.3 is 20.9 Å². The van der Waals surface area contributed by atoms with Crippen molar-refractivity contribution >= 4 is 23.9 Å². The number of carbonyl (C=O) groups is 3. The van der Waals surface area contributed by atoms with Crippen LogP contribution in [0.15, 0.2) is 30.3 Å². The first kappa shape index (κ1) is 17.2. The first-order chi connectivity index (χ1) is 10.4. The average Bonchev–Trinajstić information content (AvgIpc) is 2.49. The molecular formula is C15H18N2O5. The van der Waals surface area contributed by atoms with Crippen molar-refractivity contribution in [2.24, 2.45) is 5.73 Å². The van der Waals surface area contributed by atoms with Crippen molar-refractivity contribution in [2.45, 2.75) is 18.9 Å². The highest BCUT2D eigenvalue weighted by atomic mass is 16.5. The largest absolute Gasteiger partial charge is 0.497 e. The molecule has 2 amide bonds. The molecule has 0 aliphatic rings. The number of aliphatic carboxylic acids is 1. The highest BCUT2D eigenvalue weighted by Gasteiger charge is 2.19. The Morgan fingerprint density at radius 2 is 2.14 bits per heavy atom. The number of carboxylic acids is 1. The maximum absolute atomic E-state index is 11.7. The van der Waals surface area contributed by atoms with Crippen molar-refractivity contribution in [3.8, 4) is 5.75 Å². The van der Waals surface area contributed by atoms with Gasteiger partial charge in [-0.3, -0.25) is 9.59 Å². The molecule has 0 bridgehead atoms. The fourth-order valence-corrected chi connectivity index (χ4v) is 1.68. The fraction of sp³-hybridized carbons (Fsp3) is 0.267. The van der Waals surface area contributed by atoms with E-state index in [0.29, 0.717) is 5.75 Å². The summed E-state index contributed by atoms with van der Waals surface area (Å²) < 4.78 is 5.06. The average molecular weight is 306 g/mol. The molecule has 22 heavy (non-hydrogen) atoms. The van der Waals surface area contributed by atoms with E-state index in [4.69, 9.17) is 15.6 Å². The lowest BCUT2D eigenvalue weighted by Crippen LogP contribution is -2.40. The van der Waals surface area contributed by atoms with Gasteiger partial charge in [-0.25, -0.2) is 4.79 Å². The number of amides is 2. The Balaban J connectivity index is 2.64. The lowest BCUT2D eigenvalue weighted by molar-refractivity contribution is -0.141. The Kier molecular flexibility index (Phi) is 6.62. The Morgan fingerprint density at radius 1 is 1.41 bits per heavy atom. The number of hydrogen-bond acceptors (Lipinski definition) is 4. The summed E-state index contributed by atoms with van der Waals surface area (Å²) in [6.07, 6.45) is 2.58. The van der Waals surface area contributed by atoms with Gasteiger partial charge in [0.2, 0.25) is 11.8 Å². The van der Waals surface area contributed by atoms with Crippen LogP contribution in [0, 0.1) is 0 Å². The standard InChI is InChI=1S/C15H18N2O5/c1-22-11-4-2-3-10(9-11)5-8-14(19)17-12(15(20)21)6-7-13(16)18/h2-5,8-9,12H,6-7H2,1H3,(H2,16,18)(H,17,19)(H,20,21)/b8-5+. The molecule has 1 aromatic carbocycles. The van der Waals surface area contributed by atoms with Gasteiger partial charge in [-0.2, -0.15) is 0 Å². The number of hydrogen-bond donors (Lipinski definition) is 3. The first-order valence-electron chi connectivity index (χ1n) is 6.56. The molecule has 0 aromatic heterocycles. The molecule has 0 saturated heterocycles. The Labute approximate surface area is 127 Å². The quantitative estimate of drug-likeness (QED) is 0.606. The van der Waals surface area contributed by atoms with Crippen LogP contribution in [-0.4, -0.2) is 36.0 Å². The highest BCUT2D eigenvalue weighted by molar-refractivity contribution is 5.94. The number of primary amides is 1. The van der Waals surface area contributed by atoms with Gasteiger partial charge in [0, 0.05) is 12.5 Å². The highest BCUT2D eigenvalue weighted by Crippen LogP contribution is 2.13. The van der Waals surface area contributed by atoms with Crippen molar-refractivity contribution < 1.29 is 24.2 Å². The third-order valence-electron chi connectivity index (χ3n) is 2.81. The second-order valence-corrected chi connectivity index (χ2v) is 4.51. The Bertz CT molecular complexity index is 583. The van der Waals surface area contributed by atoms with Crippen molar-refractivity contribution in [3.63, 3.8) is 0 Å². The zero-order valence-corrected chi connectivity index (χ0v) is 12.1. The molecule has 118 valence electrons. The van der Waals surface area contributed by atoms with Crippen LogP contribution in [0.5, 0.6) is 5.75 Å². The third kappa shape index (κ3) is 6.08. The maximum Gasteiger partial charge on any atom is 0.326 e. The van der Waals surface area contributed by atoms with E-state index in [2.05, 4.69) is 5.32 Å². The van der Waals surface area contributed by atoms with E-state index < -0.39 is 23.8 Å². The SMILES string of the molecule is COc1cccc(/C=C/C(=O)NC(CCC(N)=O)C(=O)O)c1. The van der Waals surface area contributed by atoms with E-state index in [-0.39, 0.29) is 12.8 Å². The lowest BCUT2D eigenvalue weighted by Gasteiger charge is -2.11. The van der Waals surface area contributed by atoms with Crippen molar-refractivity contribution in [3.05, 3.63) is 35.9 Å². The zero-order chi connectivity index (χ0) is 16.5. The van der Waals surface area contributed by atoms with Gasteiger partial charge in [0.25, 0.3) is 0 Å². The van der Waals surface area contributed by atoms with Crippen LogP contribution in [-0.2, 0) is 14.4 Å². The topological polar surface area (TPSA) is 119 Å². The number of methoxy groups -OCH3 is 1. The predicted molar refractivity (Wildman–Crippen MR) is 80.0 cm³/mol. The summed E-state index contributed by atoms with van der Waals surface area (Å²) in [7, 11) is 1.53. The van der Waals surface area contributed by atoms with E-state index in [9.17, 15) is 14.4 Å². The summed E-state index contributed by atoms with van der Waals surface area (Å²) in [5.41, 5.74) is 5.70. The molecule has 1 atom stereocenters. The number of benzene rings is 1. The van der Waals surface area contributed by atoms with Crippen molar-refractivity contribution in [1.29, 1.82) is 0 Å². The first-order valence-corrected chi connectivity index (χ1v) is 6.56. The van der Waals surface area contributed by atoms with E-state index >= 15 is 0 Å². The van der Waals surface area contributed by atoms with Crippen LogP contribution in [0.3, 0.4) is 0 Å². The van der Waals surface area contributed by atoms with Crippen LogP contribution in [0.25, 0.3) is 6.08 Å². The van der Waals surface area contributed by atoms with Crippen molar-refractivity contribution in [2.75, 3.05) is 7.11 Å². The number of carbonyl (C=O) groups excluding carboxylic acids is 2. The third-order valence-corrected chi connectivity index (χ3v) is 2.81. The molecule has 0 aliphatic heterocycles. The monoisotopic (exact) mass is 306 g/mol. The maximum atomic E-state index is 11.7. The van der Waals surface area contributed by atoms with E-state index in [1.807, 2.05) is 0 Å². The second-order valence-electron chi connectivity index (χ2n) is 4.51. The molecule has 1 unspecified atom stereocenters. The van der Waals surface area contributed by atoms with Gasteiger partial charge >= 0.3 is 5.97 Å². The molecule has 0 aliphatic carbocycles. The summed E-state index contributed by atoms with van der Waals surface area (Å²) >= 11 is 0. The van der Waals surface area contributed by atoms with Gasteiger partial charge in [0.1, 0.15) is 11.8 Å². The Hall–Kier alpha value is -2.83. The summed E-state index contributed by atoms with van der Waals surface area (Å²) in [6.45, 7) is 0. The summed E-state index contributed by atoms with van der Waals surface area (Å²) in [4.78, 5) is 33.4. The van der Waals surface area contributed by atoms with E-state index in [1.165, 1.54) is 19.3 Å². The van der Waals surface area contributed by atoms with Crippen LogP contribution < -0.4 is 15.8 Å². The minimum Gasteiger partial charge on any atom is -0.497 e. The van der Waals surface area contributed by atoms with Crippen LogP contribution in [0.1, 0.15) is 18.4 Å². The fourth-order valence-electron chi connectivity index (χ4n) is 1.68. The molecule has 1 rings (SSSR count). The minimum atomic E-state index is -1.22. The molecule has 0 saturated carbocycles. The predicted octanol–water partition coefficient (Wildman–Crippen LogP) is 0.543. The minimum absolute atomic E-state index is 0.0522. The molecule has 0 fully saturated rings. The van der Waals surface area contributed by atoms with Gasteiger partial charge in [0.05, 0.1) is 7.11 Å². The molecule has 1 aromatic rings. The number of rotatable bonds is 8. The smallest absolute Gasteiger partial charge is 0.326 e. The van der Waals surface area contributed by atoms with E-state index in [0.717, 1.165) is 5.56 Å². The number of nitrogens with two attached hydrogens (primary N) is 1. The van der Waals surface area contributed by atoms with Gasteiger partial charge in [-0.15, -0.1) is 0 Å². The second kappa shape index (κ2) is 8.46. The normalized spacial score (nSPS) is 11.9. The number of carboxylic acid groups (broad SMARTS) is 1. The molecular weight excluding hydrogens is 288 g/mol. The number of nitrogens with one attached hydrogen (secondary N) is 1. The summed E-state index contributed by atoms with van der Waals surface area (Å²) in [5.74, 6) is -1.76. The molecule has 0 heterocycles. The van der Waals surface area contributed by atoms with Gasteiger partial charge in [0.15, 0.2) is 0 Å².